The van der Waals surface area contributed by atoms with Gasteiger partial charge in [0.2, 0.25) is 0 Å². The van der Waals surface area contributed by atoms with E-state index in [1.807, 2.05) is 29.2 Å². The van der Waals surface area contributed by atoms with E-state index in [4.69, 9.17) is 5.73 Å². The zero-order chi connectivity index (χ0) is 14.3. The van der Waals surface area contributed by atoms with Gasteiger partial charge in [-0.15, -0.1) is 0 Å². The van der Waals surface area contributed by atoms with Gasteiger partial charge in [0, 0.05) is 17.5 Å². The number of hydrogen-bond acceptors (Lipinski definition) is 2. The summed E-state index contributed by atoms with van der Waals surface area (Å²) >= 11 is 0. The van der Waals surface area contributed by atoms with E-state index in [1.165, 1.54) is 0 Å². The Balaban J connectivity index is 1.98. The molecule has 1 aromatic carbocycles. The number of benzene rings is 1. The third-order valence-electron chi connectivity index (χ3n) is 4.41. The van der Waals surface area contributed by atoms with E-state index < -0.39 is 0 Å². The number of para-hydroxylation sites is 1. The molecule has 4 heteroatoms. The van der Waals surface area contributed by atoms with Crippen molar-refractivity contribution in [2.24, 2.45) is 0 Å². The fourth-order valence-electron chi connectivity index (χ4n) is 3.27. The lowest BCUT2D eigenvalue weighted by Gasteiger charge is -2.27. The van der Waals surface area contributed by atoms with Gasteiger partial charge in [0.25, 0.3) is 5.91 Å². The largest absolute Gasteiger partial charge is 0.397 e. The molecule has 1 aliphatic rings. The van der Waals surface area contributed by atoms with E-state index in [0.29, 0.717) is 23.5 Å². The van der Waals surface area contributed by atoms with Crippen molar-refractivity contribution in [3.8, 4) is 0 Å². The first-order valence-corrected chi connectivity index (χ1v) is 7.31. The van der Waals surface area contributed by atoms with Crippen molar-refractivity contribution in [1.29, 1.82) is 0 Å². The maximum atomic E-state index is 12.8. The highest BCUT2D eigenvalue weighted by Crippen LogP contribution is 2.29. The molecule has 0 bridgehead atoms. The number of nitrogens with two attached hydrogens (primary N) is 1. The topological polar surface area (TPSA) is 62.1 Å². The lowest BCUT2D eigenvalue weighted by Crippen LogP contribution is -2.39. The first-order valence-electron chi connectivity index (χ1n) is 7.31. The number of amides is 1. The van der Waals surface area contributed by atoms with Gasteiger partial charge in [-0.2, -0.15) is 0 Å². The normalized spacial score (nSPS) is 22.6. The summed E-state index contributed by atoms with van der Waals surface area (Å²) in [5.74, 6) is 0.0949. The van der Waals surface area contributed by atoms with Gasteiger partial charge < -0.3 is 15.6 Å². The molecule has 1 aliphatic heterocycles. The summed E-state index contributed by atoms with van der Waals surface area (Å²) < 4.78 is 0. The zero-order valence-electron chi connectivity index (χ0n) is 12.0. The number of nitrogens with zero attached hydrogens (tertiary/aromatic N) is 1. The number of carbonyl (C=O) groups excluding carboxylic acids is 1. The minimum atomic E-state index is 0.0949. The van der Waals surface area contributed by atoms with E-state index in [2.05, 4.69) is 18.8 Å². The summed E-state index contributed by atoms with van der Waals surface area (Å²) in [6.07, 6.45) is 3.21. The molecule has 106 valence electrons. The maximum absolute atomic E-state index is 12.8. The molecule has 0 spiro atoms. The molecule has 2 aromatic rings. The number of nitrogens with one attached hydrogen (secondary N) is 1. The van der Waals surface area contributed by atoms with E-state index in [9.17, 15) is 4.79 Å². The zero-order valence-corrected chi connectivity index (χ0v) is 12.0. The van der Waals surface area contributed by atoms with Crippen LogP contribution in [0.4, 0.5) is 5.69 Å². The summed E-state index contributed by atoms with van der Waals surface area (Å²) in [7, 11) is 0. The van der Waals surface area contributed by atoms with Gasteiger partial charge in [-0.25, -0.2) is 0 Å². The third kappa shape index (κ3) is 1.96. The van der Waals surface area contributed by atoms with Gasteiger partial charge in [-0.1, -0.05) is 19.1 Å². The van der Waals surface area contributed by atoms with E-state index in [0.717, 1.165) is 30.2 Å². The van der Waals surface area contributed by atoms with Crippen LogP contribution in [0.15, 0.2) is 24.3 Å². The van der Waals surface area contributed by atoms with Crippen LogP contribution in [0, 0.1) is 0 Å². The van der Waals surface area contributed by atoms with E-state index in [-0.39, 0.29) is 5.91 Å². The highest BCUT2D eigenvalue weighted by molar-refractivity contribution is 6.01. The number of carbonyl (C=O) groups is 1. The van der Waals surface area contributed by atoms with Crippen molar-refractivity contribution >= 4 is 22.5 Å². The highest BCUT2D eigenvalue weighted by atomic mass is 16.2. The molecular formula is C16H21N3O. The molecule has 0 saturated carbocycles. The Bertz CT molecular complexity index is 646. The summed E-state index contributed by atoms with van der Waals surface area (Å²) in [4.78, 5) is 18.0. The second-order valence-corrected chi connectivity index (χ2v) is 5.70. The average molecular weight is 271 g/mol. The summed E-state index contributed by atoms with van der Waals surface area (Å²) in [5.41, 5.74) is 8.13. The number of nitrogen functional groups attached to an aromatic ring is 1. The number of H-pyrrole nitrogens is 1. The SMILES string of the molecule is CCC1CCC(C)N1C(=O)c1cc2cccc(N)c2[nH]1. The molecule has 1 fully saturated rings. The lowest BCUT2D eigenvalue weighted by atomic mass is 10.1. The van der Waals surface area contributed by atoms with Crippen LogP contribution in [0.2, 0.25) is 0 Å². The molecule has 4 nitrogen and oxygen atoms in total. The summed E-state index contributed by atoms with van der Waals surface area (Å²) in [6.45, 7) is 4.27. The van der Waals surface area contributed by atoms with Crippen molar-refractivity contribution in [3.63, 3.8) is 0 Å². The molecule has 0 aliphatic carbocycles. The number of rotatable bonds is 2. The predicted octanol–water partition coefficient (Wildman–Crippen LogP) is 3.15. The van der Waals surface area contributed by atoms with Gasteiger partial charge in [-0.3, -0.25) is 4.79 Å². The lowest BCUT2D eigenvalue weighted by molar-refractivity contribution is 0.0671. The fourth-order valence-corrected chi connectivity index (χ4v) is 3.27. The predicted molar refractivity (Wildman–Crippen MR) is 81.7 cm³/mol. The number of aromatic nitrogens is 1. The van der Waals surface area contributed by atoms with E-state index >= 15 is 0 Å². The molecule has 1 aromatic heterocycles. The van der Waals surface area contributed by atoms with Crippen molar-refractivity contribution < 1.29 is 4.79 Å². The fraction of sp³-hybridized carbons (Fsp3) is 0.438. The Morgan fingerprint density at radius 1 is 1.45 bits per heavy atom. The maximum Gasteiger partial charge on any atom is 0.270 e. The van der Waals surface area contributed by atoms with Crippen LogP contribution in [0.5, 0.6) is 0 Å². The highest BCUT2D eigenvalue weighted by Gasteiger charge is 2.34. The van der Waals surface area contributed by atoms with Gasteiger partial charge in [0.1, 0.15) is 5.69 Å². The Labute approximate surface area is 118 Å². The molecule has 2 unspecified atom stereocenters. The third-order valence-corrected chi connectivity index (χ3v) is 4.41. The molecule has 2 atom stereocenters. The van der Waals surface area contributed by atoms with Gasteiger partial charge >= 0.3 is 0 Å². The number of likely N-dealkylation sites (tertiary alicyclic amines) is 1. The second kappa shape index (κ2) is 4.85. The van der Waals surface area contributed by atoms with Gasteiger partial charge in [0.05, 0.1) is 11.2 Å². The quantitative estimate of drug-likeness (QED) is 0.824. The number of hydrogen-bond donors (Lipinski definition) is 2. The van der Waals surface area contributed by atoms with Gasteiger partial charge in [-0.05, 0) is 38.3 Å². The number of fused-ring (bicyclic) bond motifs is 1. The molecule has 0 radical (unpaired) electrons. The van der Waals surface area contributed by atoms with Crippen molar-refractivity contribution in [3.05, 3.63) is 30.0 Å². The minimum Gasteiger partial charge on any atom is -0.397 e. The number of aromatic amines is 1. The van der Waals surface area contributed by atoms with Crippen LogP contribution < -0.4 is 5.73 Å². The summed E-state index contributed by atoms with van der Waals surface area (Å²) in [6, 6.07) is 8.32. The molecule has 3 N–H and O–H groups in total. The molecular weight excluding hydrogens is 250 g/mol. The smallest absolute Gasteiger partial charge is 0.270 e. The Morgan fingerprint density at radius 2 is 2.25 bits per heavy atom. The van der Waals surface area contributed by atoms with Crippen LogP contribution >= 0.6 is 0 Å². The first-order chi connectivity index (χ1) is 9.61. The average Bonchev–Trinajstić information content (AvgIpc) is 3.02. The Kier molecular flexibility index (Phi) is 3.16. The standard InChI is InChI=1S/C16H21N3O/c1-3-12-8-7-10(2)19(12)16(20)14-9-11-5-4-6-13(17)15(11)18-14/h4-6,9-10,12,18H,3,7-8,17H2,1-2H3. The minimum absolute atomic E-state index is 0.0949. The van der Waals surface area contributed by atoms with Crippen molar-refractivity contribution in [2.75, 3.05) is 5.73 Å². The number of anilines is 1. The van der Waals surface area contributed by atoms with Crippen LogP contribution in [0.25, 0.3) is 10.9 Å². The summed E-state index contributed by atoms with van der Waals surface area (Å²) in [5, 5.41) is 0.994. The molecule has 1 saturated heterocycles. The second-order valence-electron chi connectivity index (χ2n) is 5.70. The van der Waals surface area contributed by atoms with Crippen LogP contribution in [-0.4, -0.2) is 27.9 Å². The van der Waals surface area contributed by atoms with Gasteiger partial charge in [0.15, 0.2) is 0 Å². The molecule has 3 rings (SSSR count). The Hall–Kier alpha value is -1.97. The Morgan fingerprint density at radius 3 is 2.95 bits per heavy atom. The first kappa shape index (κ1) is 13.0. The van der Waals surface area contributed by atoms with Crippen LogP contribution in [0.3, 0.4) is 0 Å². The molecule has 2 heterocycles. The monoisotopic (exact) mass is 271 g/mol. The van der Waals surface area contributed by atoms with Crippen LogP contribution in [-0.2, 0) is 0 Å². The van der Waals surface area contributed by atoms with Crippen LogP contribution in [0.1, 0.15) is 43.6 Å². The van der Waals surface area contributed by atoms with Crippen molar-refractivity contribution in [1.82, 2.24) is 9.88 Å². The van der Waals surface area contributed by atoms with Crippen molar-refractivity contribution in [2.45, 2.75) is 45.2 Å². The molecule has 20 heavy (non-hydrogen) atoms. The molecule has 1 amide bonds. The van der Waals surface area contributed by atoms with E-state index in [1.54, 1.807) is 0 Å².